The second-order valence-corrected chi connectivity index (χ2v) is 3.00. The van der Waals surface area contributed by atoms with Crippen LogP contribution in [-0.2, 0) is 32.7 Å². The molecular weight excluding hydrogens is 281 g/mol. The molecule has 0 nitrogen and oxygen atoms in total. The molecule has 0 aromatic rings. The van der Waals surface area contributed by atoms with Gasteiger partial charge in [0.25, 0.3) is 0 Å². The van der Waals surface area contributed by atoms with E-state index in [9.17, 15) is 0 Å². The molecule has 0 bridgehead atoms. The van der Waals surface area contributed by atoms with E-state index in [1.165, 1.54) is 11.8 Å². The minimum Gasteiger partial charge on any atom is -0.323 e. The Balaban J connectivity index is -0.00000000308. The maximum absolute atomic E-state index is 2.08. The number of hydrogen-bond acceptors (Lipinski definition) is 0. The summed E-state index contributed by atoms with van der Waals surface area (Å²) in [6.07, 6.45) is 0. The van der Waals surface area contributed by atoms with Crippen LogP contribution >= 0.6 is 0 Å². The molecule has 0 saturated heterocycles. The van der Waals surface area contributed by atoms with Crippen molar-refractivity contribution in [3.05, 3.63) is 11.8 Å². The van der Waals surface area contributed by atoms with Gasteiger partial charge in [-0.2, -0.15) is 41.5 Å². The fourth-order valence-electron chi connectivity index (χ4n) is 0. The van der Waals surface area contributed by atoms with E-state index in [-0.39, 0.29) is 92.1 Å². The molecule has 1 heteroatoms. The standard InChI is InChI=1S/2C4H9.8CH4.Y/c2*1-4(2)3;;;;;;;;;/h2*1-3H3;8*1H4;/q2*-1;;;;;;;;;. The third kappa shape index (κ3) is 3200. The van der Waals surface area contributed by atoms with Gasteiger partial charge in [0, 0.05) is 32.7 Å². The largest absolute Gasteiger partial charge is 0.323 e. The Kier molecular flexibility index (Phi) is 543. The molecule has 0 rings (SSSR count). The second-order valence-electron chi connectivity index (χ2n) is 3.00. The first kappa shape index (κ1) is 105. The summed E-state index contributed by atoms with van der Waals surface area (Å²) in [5.74, 6) is 2.83. The second kappa shape index (κ2) is 87.9. The van der Waals surface area contributed by atoms with Crippen molar-refractivity contribution in [3.63, 3.8) is 0 Å². The molecule has 119 valence electrons. The summed E-state index contributed by atoms with van der Waals surface area (Å²) in [6, 6.07) is 0. The molecule has 1 radical (unpaired) electrons. The molecule has 0 amide bonds. The van der Waals surface area contributed by atoms with Crippen LogP contribution in [0.15, 0.2) is 0 Å². The van der Waals surface area contributed by atoms with Crippen LogP contribution in [0, 0.1) is 11.8 Å². The molecule has 0 heterocycles. The van der Waals surface area contributed by atoms with Gasteiger partial charge in [0.05, 0.1) is 0 Å². The first-order valence-corrected chi connectivity index (χ1v) is 3.00. The molecule has 0 aliphatic heterocycles. The van der Waals surface area contributed by atoms with Crippen LogP contribution in [-0.4, -0.2) is 0 Å². The van der Waals surface area contributed by atoms with E-state index in [0.717, 1.165) is 0 Å². The van der Waals surface area contributed by atoms with Crippen molar-refractivity contribution in [2.45, 2.75) is 101 Å². The smallest absolute Gasteiger partial charge is 0 e. The van der Waals surface area contributed by atoms with Crippen LogP contribution in [0.4, 0.5) is 0 Å². The number of rotatable bonds is 0. The maximum Gasteiger partial charge on any atom is 0 e. The minimum absolute atomic E-state index is 0. The summed E-state index contributed by atoms with van der Waals surface area (Å²) in [5.41, 5.74) is 0. The molecule has 0 N–H and O–H groups in total. The molecule has 0 aliphatic carbocycles. The van der Waals surface area contributed by atoms with E-state index in [1.54, 1.807) is 0 Å². The Morgan fingerprint density at radius 3 is 0.353 bits per heavy atom. The predicted octanol–water partition coefficient (Wildman–Crippen LogP) is 8.33. The van der Waals surface area contributed by atoms with Gasteiger partial charge in [-0.15, -0.1) is 0 Å². The normalized spacial score (nSPS) is 4.24. The monoisotopic (exact) mass is 331 g/mol. The first-order chi connectivity index (χ1) is 3.46. The zero-order chi connectivity index (χ0) is 7.15. The average molecular weight is 331 g/mol. The summed E-state index contributed by atoms with van der Waals surface area (Å²) in [6.45, 7) is 12.5. The third-order valence-electron chi connectivity index (χ3n) is 0. The Morgan fingerprint density at radius 1 is 0.353 bits per heavy atom. The predicted molar refractivity (Wildman–Crippen MR) is 94.4 cm³/mol. The van der Waals surface area contributed by atoms with Crippen LogP contribution in [0.3, 0.4) is 0 Å². The van der Waals surface area contributed by atoms with Gasteiger partial charge in [0.15, 0.2) is 0 Å². The zero-order valence-corrected chi connectivity index (χ0v) is 10.4. The van der Waals surface area contributed by atoms with Gasteiger partial charge in [-0.05, 0) is 0 Å². The Morgan fingerprint density at radius 2 is 0.353 bits per heavy atom. The minimum atomic E-state index is 0. The van der Waals surface area contributed by atoms with Crippen LogP contribution < -0.4 is 0 Å². The molecule has 0 fully saturated rings. The van der Waals surface area contributed by atoms with Gasteiger partial charge in [0.1, 0.15) is 0 Å². The zero-order valence-electron chi connectivity index (χ0n) is 7.58. The van der Waals surface area contributed by atoms with Crippen molar-refractivity contribution in [2.24, 2.45) is 0 Å². The van der Waals surface area contributed by atoms with E-state index in [1.807, 2.05) is 0 Å². The third-order valence-corrected chi connectivity index (χ3v) is 0. The van der Waals surface area contributed by atoms with Gasteiger partial charge < -0.3 is 11.8 Å². The van der Waals surface area contributed by atoms with E-state index >= 15 is 0 Å². The first-order valence-electron chi connectivity index (χ1n) is 3.00. The molecule has 17 heavy (non-hydrogen) atoms. The quantitative estimate of drug-likeness (QED) is 0.391. The van der Waals surface area contributed by atoms with Crippen LogP contribution in [0.25, 0.3) is 0 Å². The van der Waals surface area contributed by atoms with Crippen molar-refractivity contribution >= 4 is 0 Å². The van der Waals surface area contributed by atoms with Crippen molar-refractivity contribution in [1.29, 1.82) is 0 Å². The Labute approximate surface area is 145 Å². The van der Waals surface area contributed by atoms with Crippen LogP contribution in [0.5, 0.6) is 0 Å². The molecule has 0 unspecified atom stereocenters. The Bertz CT molecular complexity index is 21.0. The molecule has 0 spiro atoms. The van der Waals surface area contributed by atoms with Gasteiger partial charge in [-0.25, -0.2) is 0 Å². The van der Waals surface area contributed by atoms with Gasteiger partial charge in [-0.3, -0.25) is 0 Å². The summed E-state index contributed by atoms with van der Waals surface area (Å²) in [7, 11) is 0. The fourth-order valence-corrected chi connectivity index (χ4v) is 0. The molecule has 0 saturated carbocycles. The topological polar surface area (TPSA) is 0 Å². The SMILES string of the molecule is C.C.C.C.C.C.C.C.C[C-](C)C.C[C-](C)C.[Y]. The summed E-state index contributed by atoms with van der Waals surface area (Å²) in [5, 5.41) is 0. The van der Waals surface area contributed by atoms with Gasteiger partial charge in [0.2, 0.25) is 0 Å². The van der Waals surface area contributed by atoms with Crippen LogP contribution in [0.2, 0.25) is 0 Å². The molecule has 0 aliphatic rings. The van der Waals surface area contributed by atoms with E-state index in [0.29, 0.717) is 0 Å². The molecule has 0 atom stereocenters. The molecular formula is C16H50Y-2. The number of hydrogen-bond donors (Lipinski definition) is 0. The molecule has 0 aromatic heterocycles. The van der Waals surface area contributed by atoms with Gasteiger partial charge >= 0.3 is 0 Å². The van der Waals surface area contributed by atoms with Crippen LogP contribution in [0.1, 0.15) is 101 Å². The van der Waals surface area contributed by atoms with Crippen molar-refractivity contribution < 1.29 is 32.7 Å². The fraction of sp³-hybridized carbons (Fsp3) is 0.875. The van der Waals surface area contributed by atoms with Crippen molar-refractivity contribution in [3.8, 4) is 0 Å². The Hall–Kier alpha value is 1.10. The summed E-state index contributed by atoms with van der Waals surface area (Å²) >= 11 is 0. The van der Waals surface area contributed by atoms with E-state index in [4.69, 9.17) is 0 Å². The van der Waals surface area contributed by atoms with E-state index in [2.05, 4.69) is 41.5 Å². The summed E-state index contributed by atoms with van der Waals surface area (Å²) in [4.78, 5) is 0. The van der Waals surface area contributed by atoms with Gasteiger partial charge in [-0.1, -0.05) is 59.4 Å². The summed E-state index contributed by atoms with van der Waals surface area (Å²) < 4.78 is 0. The molecule has 0 aromatic carbocycles. The van der Waals surface area contributed by atoms with Crippen molar-refractivity contribution in [1.82, 2.24) is 0 Å². The maximum atomic E-state index is 2.08. The van der Waals surface area contributed by atoms with E-state index < -0.39 is 0 Å². The average Bonchev–Trinajstić information content (AvgIpc) is 1.25. The van der Waals surface area contributed by atoms with Crippen molar-refractivity contribution in [2.75, 3.05) is 0 Å².